The van der Waals surface area contributed by atoms with Crippen LogP contribution in [0.5, 0.6) is 5.75 Å². The fourth-order valence-corrected chi connectivity index (χ4v) is 3.06. The molecule has 0 saturated heterocycles. The van der Waals surface area contributed by atoms with Gasteiger partial charge in [-0.05, 0) is 26.2 Å². The fraction of sp³-hybridized carbons (Fsp3) is 0.571. The number of carbonyl (C=O) groups is 1. The minimum atomic E-state index is -5.88. The lowest BCUT2D eigenvalue weighted by atomic mass is 10.1. The number of carbonyl (C=O) groups excluding carboxylic acids is 1. The van der Waals surface area contributed by atoms with E-state index < -0.39 is 38.9 Å². The van der Waals surface area contributed by atoms with E-state index in [1.54, 1.807) is 6.92 Å². The van der Waals surface area contributed by atoms with Crippen molar-refractivity contribution in [3.63, 3.8) is 0 Å². The zero-order valence-corrected chi connectivity index (χ0v) is 14.0. The lowest BCUT2D eigenvalue weighted by Crippen LogP contribution is -2.33. The van der Waals surface area contributed by atoms with Crippen molar-refractivity contribution in [3.05, 3.63) is 28.2 Å². The molecule has 0 N–H and O–H groups in total. The lowest BCUT2D eigenvalue weighted by Gasteiger charge is -2.19. The molecule has 0 spiro atoms. The Balaban J connectivity index is 2.46. The molecule has 0 fully saturated rings. The van der Waals surface area contributed by atoms with Gasteiger partial charge >= 0.3 is 21.6 Å². The number of pyridine rings is 1. The van der Waals surface area contributed by atoms with E-state index in [1.807, 2.05) is 0 Å². The molecule has 11 heteroatoms. The second-order valence-electron chi connectivity index (χ2n) is 5.39. The molecule has 140 valence electrons. The van der Waals surface area contributed by atoms with Crippen molar-refractivity contribution < 1.29 is 35.3 Å². The first-order valence-electron chi connectivity index (χ1n) is 7.49. The molecule has 1 unspecified atom stereocenters. The molecule has 0 saturated carbocycles. The van der Waals surface area contributed by atoms with Gasteiger partial charge in [0.25, 0.3) is 5.56 Å². The van der Waals surface area contributed by atoms with E-state index in [1.165, 1.54) is 0 Å². The third kappa shape index (κ3) is 4.14. The van der Waals surface area contributed by atoms with Crippen LogP contribution in [0.25, 0.3) is 0 Å². The van der Waals surface area contributed by atoms with E-state index in [0.717, 1.165) is 10.6 Å². The van der Waals surface area contributed by atoms with E-state index in [2.05, 4.69) is 4.18 Å². The molecule has 2 rings (SSSR count). The number of esters is 1. The number of nitrogens with zero attached hydrogens (tertiary/aromatic N) is 1. The summed E-state index contributed by atoms with van der Waals surface area (Å²) in [5, 5.41) is 0. The van der Waals surface area contributed by atoms with Crippen LogP contribution < -0.4 is 9.74 Å². The maximum Gasteiger partial charge on any atom is 0.534 e. The van der Waals surface area contributed by atoms with Gasteiger partial charge in [0.05, 0.1) is 6.61 Å². The first-order valence-corrected chi connectivity index (χ1v) is 8.90. The van der Waals surface area contributed by atoms with Crippen LogP contribution in [0.2, 0.25) is 0 Å². The van der Waals surface area contributed by atoms with Crippen LogP contribution in [0.3, 0.4) is 0 Å². The smallest absolute Gasteiger partial charge is 0.464 e. The Morgan fingerprint density at radius 3 is 2.60 bits per heavy atom. The summed E-state index contributed by atoms with van der Waals surface area (Å²) in [5.41, 5.74) is -6.22. The summed E-state index contributed by atoms with van der Waals surface area (Å²) in [6.45, 7) is 1.72. The molecule has 0 aromatic carbocycles. The van der Waals surface area contributed by atoms with Gasteiger partial charge < -0.3 is 8.92 Å². The summed E-state index contributed by atoms with van der Waals surface area (Å²) in [4.78, 5) is 24.3. The van der Waals surface area contributed by atoms with E-state index in [4.69, 9.17) is 4.74 Å². The average molecular weight is 383 g/mol. The van der Waals surface area contributed by atoms with Gasteiger partial charge in [-0.25, -0.2) is 4.79 Å². The van der Waals surface area contributed by atoms with E-state index in [0.29, 0.717) is 25.3 Å². The standard InChI is InChI=1S/C14H16F3NO6S/c1-2-23-13(20)11-6-4-3-5-9-7-10(8-12(19)18(9)11)24-25(21,22)14(15,16)17/h7-8,11H,2-6H2,1H3. The van der Waals surface area contributed by atoms with Gasteiger partial charge in [0.2, 0.25) is 0 Å². The lowest BCUT2D eigenvalue weighted by molar-refractivity contribution is -0.147. The summed E-state index contributed by atoms with van der Waals surface area (Å²) in [6, 6.07) is 0.741. The number of hydrogen-bond acceptors (Lipinski definition) is 6. The minimum Gasteiger partial charge on any atom is -0.464 e. The summed E-state index contributed by atoms with van der Waals surface area (Å²) >= 11 is 0. The van der Waals surface area contributed by atoms with Crippen molar-refractivity contribution in [2.45, 2.75) is 44.2 Å². The summed E-state index contributed by atoms with van der Waals surface area (Å²) < 4.78 is 69.5. The molecular weight excluding hydrogens is 367 g/mol. The molecule has 1 atom stereocenters. The zero-order chi connectivity index (χ0) is 18.8. The van der Waals surface area contributed by atoms with Crippen molar-refractivity contribution in [2.75, 3.05) is 6.61 Å². The highest BCUT2D eigenvalue weighted by Crippen LogP contribution is 2.29. The van der Waals surface area contributed by atoms with Crippen LogP contribution in [0, 0.1) is 0 Å². The zero-order valence-electron chi connectivity index (χ0n) is 13.2. The Bertz CT molecular complexity index is 815. The first-order chi connectivity index (χ1) is 11.6. The molecule has 0 radical (unpaired) electrons. The summed E-state index contributed by atoms with van der Waals surface area (Å²) in [6.07, 6.45) is 1.80. The van der Waals surface area contributed by atoms with Crippen molar-refractivity contribution in [3.8, 4) is 5.75 Å². The number of aryl methyl sites for hydroxylation is 1. The molecule has 0 bridgehead atoms. The Labute approximate surface area is 141 Å². The Morgan fingerprint density at radius 2 is 2.00 bits per heavy atom. The SMILES string of the molecule is CCOC(=O)C1CCCCc2cc(OS(=O)(=O)C(F)(F)F)cc(=O)n21. The van der Waals surface area contributed by atoms with Crippen LogP contribution in [0.15, 0.2) is 16.9 Å². The Kier molecular flexibility index (Phi) is 5.45. The molecule has 1 aliphatic heterocycles. The molecule has 1 aromatic heterocycles. The van der Waals surface area contributed by atoms with Gasteiger partial charge in [0, 0.05) is 17.8 Å². The number of fused-ring (bicyclic) bond motifs is 1. The van der Waals surface area contributed by atoms with Crippen molar-refractivity contribution in [1.82, 2.24) is 4.57 Å². The van der Waals surface area contributed by atoms with E-state index in [9.17, 15) is 31.2 Å². The molecule has 1 aliphatic rings. The fourth-order valence-electron chi connectivity index (χ4n) is 2.61. The minimum absolute atomic E-state index is 0.116. The third-order valence-corrected chi connectivity index (χ3v) is 4.62. The molecule has 1 aromatic rings. The number of halogens is 3. The highest BCUT2D eigenvalue weighted by atomic mass is 32.2. The topological polar surface area (TPSA) is 91.7 Å². The van der Waals surface area contributed by atoms with Crippen molar-refractivity contribution in [1.29, 1.82) is 0 Å². The largest absolute Gasteiger partial charge is 0.534 e. The molecule has 0 amide bonds. The van der Waals surface area contributed by atoms with Crippen LogP contribution in [0.4, 0.5) is 13.2 Å². The van der Waals surface area contributed by atoms with Crippen molar-refractivity contribution in [2.24, 2.45) is 0 Å². The van der Waals surface area contributed by atoms with Crippen LogP contribution in [-0.2, 0) is 26.1 Å². The molecule has 25 heavy (non-hydrogen) atoms. The number of hydrogen-bond donors (Lipinski definition) is 0. The second kappa shape index (κ2) is 7.06. The maximum absolute atomic E-state index is 12.4. The quantitative estimate of drug-likeness (QED) is 0.448. The van der Waals surface area contributed by atoms with Gasteiger partial charge in [-0.3, -0.25) is 9.36 Å². The van der Waals surface area contributed by atoms with Crippen molar-refractivity contribution >= 4 is 16.1 Å². The summed E-state index contributed by atoms with van der Waals surface area (Å²) in [5.74, 6) is -1.36. The Hall–Kier alpha value is -2.04. The Morgan fingerprint density at radius 1 is 1.32 bits per heavy atom. The third-order valence-electron chi connectivity index (χ3n) is 3.64. The highest BCUT2D eigenvalue weighted by molar-refractivity contribution is 7.88. The normalized spacial score (nSPS) is 18.2. The van der Waals surface area contributed by atoms with Gasteiger partial charge in [-0.1, -0.05) is 6.42 Å². The maximum atomic E-state index is 12.4. The number of aromatic nitrogens is 1. The molecular formula is C14H16F3NO6S. The predicted octanol–water partition coefficient (Wildman–Crippen LogP) is 1.91. The van der Waals surface area contributed by atoms with Gasteiger partial charge in [0.1, 0.15) is 11.8 Å². The monoisotopic (exact) mass is 383 g/mol. The molecule has 7 nitrogen and oxygen atoms in total. The van der Waals surface area contributed by atoms with Crippen LogP contribution in [0.1, 0.15) is 37.9 Å². The van der Waals surface area contributed by atoms with Crippen LogP contribution >= 0.6 is 0 Å². The predicted molar refractivity (Wildman–Crippen MR) is 79.5 cm³/mol. The molecule has 2 heterocycles. The van der Waals surface area contributed by atoms with Gasteiger partial charge in [-0.2, -0.15) is 21.6 Å². The first kappa shape index (κ1) is 19.3. The number of rotatable bonds is 4. The molecule has 0 aliphatic carbocycles. The van der Waals surface area contributed by atoms with Crippen LogP contribution in [-0.4, -0.2) is 31.1 Å². The average Bonchev–Trinajstić information content (AvgIpc) is 2.68. The number of ether oxygens (including phenoxy) is 1. The summed E-state index contributed by atoms with van der Waals surface area (Å²) in [7, 11) is -5.88. The van der Waals surface area contributed by atoms with E-state index >= 15 is 0 Å². The van der Waals surface area contributed by atoms with E-state index in [-0.39, 0.29) is 18.7 Å². The highest BCUT2D eigenvalue weighted by Gasteiger charge is 2.48. The van der Waals surface area contributed by atoms with Gasteiger partial charge in [-0.15, -0.1) is 0 Å². The number of alkyl halides is 3. The second-order valence-corrected chi connectivity index (χ2v) is 6.93. The van der Waals surface area contributed by atoms with Gasteiger partial charge in [0.15, 0.2) is 0 Å².